The fourth-order valence-corrected chi connectivity index (χ4v) is 2.83. The van der Waals surface area contributed by atoms with Gasteiger partial charge in [-0.25, -0.2) is 4.79 Å². The summed E-state index contributed by atoms with van der Waals surface area (Å²) in [6.45, 7) is 4.27. The number of carbonyl (C=O) groups excluding carboxylic acids is 1. The Labute approximate surface area is 90.8 Å². The predicted molar refractivity (Wildman–Crippen MR) is 62.5 cm³/mol. The molecule has 3 nitrogen and oxygen atoms in total. The number of methoxy groups -OCH3 is 1. The van der Waals surface area contributed by atoms with Crippen LogP contribution in [0.25, 0.3) is 0 Å². The van der Waals surface area contributed by atoms with E-state index in [1.807, 2.05) is 23.9 Å². The summed E-state index contributed by atoms with van der Waals surface area (Å²) in [6.07, 6.45) is 3.26. The number of esters is 1. The lowest BCUT2D eigenvalue weighted by molar-refractivity contribution is -0.134. The maximum Gasteiger partial charge on any atom is 0.329 e. The van der Waals surface area contributed by atoms with Gasteiger partial charge in [0.05, 0.1) is 7.11 Å². The SMILES string of the molecule is COC(=O)C=C[Si](C)(C)c1ccccn1. The second-order valence-electron chi connectivity index (χ2n) is 3.79. The highest BCUT2D eigenvalue weighted by Crippen LogP contribution is 2.03. The number of aromatic nitrogens is 1. The minimum Gasteiger partial charge on any atom is -0.466 e. The van der Waals surface area contributed by atoms with Crippen LogP contribution < -0.4 is 5.32 Å². The summed E-state index contributed by atoms with van der Waals surface area (Å²) >= 11 is 0. The van der Waals surface area contributed by atoms with Gasteiger partial charge in [-0.1, -0.05) is 24.9 Å². The van der Waals surface area contributed by atoms with Crippen molar-refractivity contribution in [2.24, 2.45) is 0 Å². The molecule has 15 heavy (non-hydrogen) atoms. The number of hydrogen-bond donors (Lipinski definition) is 0. The summed E-state index contributed by atoms with van der Waals surface area (Å²) in [6, 6.07) is 5.84. The summed E-state index contributed by atoms with van der Waals surface area (Å²) in [7, 11) is -0.374. The molecule has 0 saturated heterocycles. The molecule has 0 radical (unpaired) electrons. The second-order valence-corrected chi connectivity index (χ2v) is 8.08. The number of rotatable bonds is 3. The largest absolute Gasteiger partial charge is 0.466 e. The molecule has 0 spiro atoms. The van der Waals surface area contributed by atoms with Crippen LogP contribution in [0.15, 0.2) is 36.2 Å². The molecular weight excluding hydrogens is 206 g/mol. The van der Waals surface area contributed by atoms with E-state index in [0.29, 0.717) is 0 Å². The van der Waals surface area contributed by atoms with Crippen LogP contribution in [-0.4, -0.2) is 26.1 Å². The van der Waals surface area contributed by atoms with Gasteiger partial charge in [0, 0.05) is 17.6 Å². The van der Waals surface area contributed by atoms with Gasteiger partial charge >= 0.3 is 5.97 Å². The molecule has 0 bridgehead atoms. The van der Waals surface area contributed by atoms with Gasteiger partial charge in [0.1, 0.15) is 8.07 Å². The summed E-state index contributed by atoms with van der Waals surface area (Å²) < 4.78 is 4.56. The topological polar surface area (TPSA) is 39.2 Å². The van der Waals surface area contributed by atoms with E-state index in [2.05, 4.69) is 22.8 Å². The van der Waals surface area contributed by atoms with Gasteiger partial charge in [0.15, 0.2) is 0 Å². The van der Waals surface area contributed by atoms with Crippen LogP contribution in [0, 0.1) is 0 Å². The van der Waals surface area contributed by atoms with Crippen LogP contribution in [0.1, 0.15) is 0 Å². The lowest BCUT2D eigenvalue weighted by Crippen LogP contribution is -2.41. The van der Waals surface area contributed by atoms with Crippen molar-refractivity contribution in [1.29, 1.82) is 0 Å². The zero-order chi connectivity index (χ0) is 11.3. The minimum absolute atomic E-state index is 0.313. The van der Waals surface area contributed by atoms with Crippen molar-refractivity contribution in [3.8, 4) is 0 Å². The molecule has 0 aliphatic heterocycles. The van der Waals surface area contributed by atoms with E-state index in [-0.39, 0.29) is 5.97 Å². The van der Waals surface area contributed by atoms with Crippen LogP contribution in [0.3, 0.4) is 0 Å². The number of ether oxygens (including phenoxy) is 1. The first kappa shape index (κ1) is 11.7. The lowest BCUT2D eigenvalue weighted by atomic mass is 10.5. The van der Waals surface area contributed by atoms with Crippen molar-refractivity contribution in [3.63, 3.8) is 0 Å². The maximum atomic E-state index is 11.0. The van der Waals surface area contributed by atoms with E-state index < -0.39 is 8.07 Å². The van der Waals surface area contributed by atoms with E-state index in [9.17, 15) is 4.79 Å². The van der Waals surface area contributed by atoms with Gasteiger partial charge in [-0.3, -0.25) is 4.98 Å². The normalized spacial score (nSPS) is 11.7. The quantitative estimate of drug-likeness (QED) is 0.438. The third-order valence-corrected chi connectivity index (χ3v) is 4.78. The van der Waals surface area contributed by atoms with Crippen molar-refractivity contribution in [2.45, 2.75) is 13.1 Å². The average molecular weight is 221 g/mol. The van der Waals surface area contributed by atoms with Crippen LogP contribution in [-0.2, 0) is 9.53 Å². The summed E-state index contributed by atoms with van der Waals surface area (Å²) in [5.41, 5.74) is 1.93. The molecule has 0 fully saturated rings. The predicted octanol–water partition coefficient (Wildman–Crippen LogP) is 1.27. The van der Waals surface area contributed by atoms with E-state index in [0.717, 1.165) is 5.32 Å². The van der Waals surface area contributed by atoms with Crippen molar-refractivity contribution in [1.82, 2.24) is 4.98 Å². The van der Waals surface area contributed by atoms with Crippen LogP contribution in [0.2, 0.25) is 13.1 Å². The third kappa shape index (κ3) is 3.32. The summed E-state index contributed by atoms with van der Waals surface area (Å²) in [4.78, 5) is 15.3. The highest BCUT2D eigenvalue weighted by Gasteiger charge is 2.21. The molecule has 0 N–H and O–H groups in total. The average Bonchev–Trinajstić information content (AvgIpc) is 2.27. The number of carbonyl (C=O) groups is 1. The van der Waals surface area contributed by atoms with Gasteiger partial charge in [-0.15, -0.1) is 0 Å². The molecule has 1 heterocycles. The van der Waals surface area contributed by atoms with Crippen molar-refractivity contribution in [2.75, 3.05) is 7.11 Å². The van der Waals surface area contributed by atoms with Gasteiger partial charge in [-0.05, 0) is 12.1 Å². The summed E-state index contributed by atoms with van der Waals surface area (Å²) in [5, 5.41) is 1.06. The molecule has 0 aromatic carbocycles. The molecule has 4 heteroatoms. The molecule has 0 unspecified atom stereocenters. The number of nitrogens with zero attached hydrogens (tertiary/aromatic N) is 1. The van der Waals surface area contributed by atoms with Crippen molar-refractivity contribution < 1.29 is 9.53 Å². The lowest BCUT2D eigenvalue weighted by Gasteiger charge is -2.16. The minimum atomic E-state index is -1.75. The van der Waals surface area contributed by atoms with Gasteiger partial charge in [0.25, 0.3) is 0 Å². The summed E-state index contributed by atoms with van der Waals surface area (Å²) in [5.74, 6) is -0.313. The highest BCUT2D eigenvalue weighted by atomic mass is 28.3. The Morgan fingerprint density at radius 2 is 2.20 bits per heavy atom. The molecule has 0 amide bonds. The molecule has 1 rings (SSSR count). The van der Waals surface area contributed by atoms with Crippen LogP contribution in [0.5, 0.6) is 0 Å². The standard InChI is InChI=1S/C11H15NO2Si/c1-14-11(13)7-9-15(2,3)10-6-4-5-8-12-10/h4-9H,1-3H3. The van der Waals surface area contributed by atoms with Crippen molar-refractivity contribution >= 4 is 19.4 Å². The molecule has 1 aromatic rings. The Morgan fingerprint density at radius 1 is 1.47 bits per heavy atom. The van der Waals surface area contributed by atoms with Gasteiger partial charge < -0.3 is 4.74 Å². The Hall–Kier alpha value is -1.42. The number of hydrogen-bond acceptors (Lipinski definition) is 3. The third-order valence-electron chi connectivity index (χ3n) is 2.16. The van der Waals surface area contributed by atoms with E-state index in [4.69, 9.17) is 0 Å². The van der Waals surface area contributed by atoms with E-state index >= 15 is 0 Å². The van der Waals surface area contributed by atoms with Crippen molar-refractivity contribution in [3.05, 3.63) is 36.2 Å². The first-order valence-electron chi connectivity index (χ1n) is 4.75. The zero-order valence-electron chi connectivity index (χ0n) is 9.23. The van der Waals surface area contributed by atoms with E-state index in [1.54, 1.807) is 6.20 Å². The Kier molecular flexibility index (Phi) is 3.79. The molecule has 1 aromatic heterocycles. The van der Waals surface area contributed by atoms with E-state index in [1.165, 1.54) is 13.2 Å². The Balaban J connectivity index is 2.84. The fourth-order valence-electron chi connectivity index (χ4n) is 1.17. The maximum absolute atomic E-state index is 11.0. The van der Waals surface area contributed by atoms with Crippen LogP contribution >= 0.6 is 0 Å². The van der Waals surface area contributed by atoms with Gasteiger partial charge in [-0.2, -0.15) is 0 Å². The molecule has 80 valence electrons. The smallest absolute Gasteiger partial charge is 0.329 e. The fraction of sp³-hybridized carbons (Fsp3) is 0.273. The Morgan fingerprint density at radius 3 is 2.73 bits per heavy atom. The first-order valence-corrected chi connectivity index (χ1v) is 7.83. The molecular formula is C11H15NO2Si. The highest BCUT2D eigenvalue weighted by molar-refractivity contribution is 6.93. The monoisotopic (exact) mass is 221 g/mol. The Bertz CT molecular complexity index is 360. The second kappa shape index (κ2) is 4.88. The molecule has 0 aliphatic carbocycles. The molecule has 0 aliphatic rings. The first-order chi connectivity index (χ1) is 7.06. The molecule has 0 atom stereocenters. The van der Waals surface area contributed by atoms with Crippen LogP contribution in [0.4, 0.5) is 0 Å². The zero-order valence-corrected chi connectivity index (χ0v) is 10.2. The molecule has 0 saturated carbocycles. The number of pyridine rings is 1. The van der Waals surface area contributed by atoms with Gasteiger partial charge in [0.2, 0.25) is 0 Å².